The first kappa shape index (κ1) is 13.3. The normalized spacial score (nSPS) is 19.0. The number of carboxylic acids is 1. The number of aliphatic carboxylic acids is 1. The third-order valence-electron chi connectivity index (χ3n) is 3.16. The predicted molar refractivity (Wildman–Crippen MR) is 67.8 cm³/mol. The number of hydrogen-bond donors (Lipinski definition) is 1. The predicted octanol–water partition coefficient (Wildman–Crippen LogP) is 1.77. The fraction of sp³-hybridized carbons (Fsp3) is 0.286. The van der Waals surface area contributed by atoms with Crippen LogP contribution in [0, 0.1) is 11.7 Å². The number of likely N-dealkylation sites (tertiary alicyclic amines) is 1. The van der Waals surface area contributed by atoms with Crippen molar-refractivity contribution in [3.8, 4) is 0 Å². The van der Waals surface area contributed by atoms with Crippen molar-refractivity contribution in [2.45, 2.75) is 6.42 Å². The Balaban J connectivity index is 1.99. The molecule has 1 aromatic carbocycles. The lowest BCUT2D eigenvalue weighted by molar-refractivity contribution is -0.141. The van der Waals surface area contributed by atoms with Gasteiger partial charge in [0.1, 0.15) is 5.82 Å². The molecule has 0 aliphatic carbocycles. The summed E-state index contributed by atoms with van der Waals surface area (Å²) < 4.78 is 13.3. The van der Waals surface area contributed by atoms with E-state index in [1.165, 1.54) is 23.1 Å². The van der Waals surface area contributed by atoms with Gasteiger partial charge >= 0.3 is 5.97 Å². The van der Waals surface area contributed by atoms with Crippen LogP contribution in [-0.2, 0) is 9.59 Å². The molecule has 0 bridgehead atoms. The third kappa shape index (κ3) is 3.19. The second-order valence-electron chi connectivity index (χ2n) is 4.46. The Labute approximate surface area is 110 Å². The van der Waals surface area contributed by atoms with Crippen LogP contribution in [0.3, 0.4) is 0 Å². The minimum absolute atomic E-state index is 0.218. The van der Waals surface area contributed by atoms with Gasteiger partial charge in [-0.1, -0.05) is 18.2 Å². The van der Waals surface area contributed by atoms with E-state index in [9.17, 15) is 14.0 Å². The zero-order valence-corrected chi connectivity index (χ0v) is 10.3. The number of nitrogens with zero attached hydrogens (tertiary/aromatic N) is 1. The molecule has 0 spiro atoms. The molecule has 1 atom stereocenters. The molecule has 2 rings (SSSR count). The average molecular weight is 263 g/mol. The third-order valence-corrected chi connectivity index (χ3v) is 3.16. The van der Waals surface area contributed by atoms with E-state index in [0.29, 0.717) is 18.5 Å². The number of carboxylic acid groups (broad SMARTS) is 1. The van der Waals surface area contributed by atoms with Crippen LogP contribution in [0.5, 0.6) is 0 Å². The number of hydrogen-bond acceptors (Lipinski definition) is 2. The van der Waals surface area contributed by atoms with E-state index in [0.717, 1.165) is 0 Å². The Bertz CT molecular complexity index is 527. The molecule has 1 aromatic rings. The highest BCUT2D eigenvalue weighted by Crippen LogP contribution is 2.17. The van der Waals surface area contributed by atoms with E-state index in [4.69, 9.17) is 5.11 Å². The van der Waals surface area contributed by atoms with Gasteiger partial charge in [0.2, 0.25) is 5.91 Å². The molecule has 4 nitrogen and oxygen atoms in total. The number of benzene rings is 1. The lowest BCUT2D eigenvalue weighted by atomic mass is 10.1. The molecule has 1 fully saturated rings. The summed E-state index contributed by atoms with van der Waals surface area (Å²) in [6.45, 7) is 0.646. The van der Waals surface area contributed by atoms with Crippen molar-refractivity contribution in [2.24, 2.45) is 5.92 Å². The molecule has 0 radical (unpaired) electrons. The van der Waals surface area contributed by atoms with Crippen molar-refractivity contribution < 1.29 is 19.1 Å². The number of rotatable bonds is 3. The second-order valence-corrected chi connectivity index (χ2v) is 4.46. The molecule has 0 aromatic heterocycles. The van der Waals surface area contributed by atoms with Gasteiger partial charge in [-0.15, -0.1) is 0 Å². The second kappa shape index (κ2) is 5.65. The Morgan fingerprint density at radius 3 is 2.74 bits per heavy atom. The average Bonchev–Trinajstić information content (AvgIpc) is 2.87. The van der Waals surface area contributed by atoms with Gasteiger partial charge in [0, 0.05) is 24.7 Å². The molecule has 1 unspecified atom stereocenters. The quantitative estimate of drug-likeness (QED) is 0.845. The highest BCUT2D eigenvalue weighted by Gasteiger charge is 2.29. The topological polar surface area (TPSA) is 57.6 Å². The summed E-state index contributed by atoms with van der Waals surface area (Å²) >= 11 is 0. The molecule has 1 aliphatic heterocycles. The molecule has 1 heterocycles. The van der Waals surface area contributed by atoms with Crippen molar-refractivity contribution in [3.05, 3.63) is 41.7 Å². The lowest BCUT2D eigenvalue weighted by Crippen LogP contribution is -2.28. The number of amides is 1. The van der Waals surface area contributed by atoms with Crippen LogP contribution in [-0.4, -0.2) is 35.0 Å². The zero-order valence-electron chi connectivity index (χ0n) is 10.3. The molecular formula is C14H14FNO3. The van der Waals surface area contributed by atoms with Crippen LogP contribution in [0.1, 0.15) is 12.0 Å². The highest BCUT2D eigenvalue weighted by molar-refractivity contribution is 5.92. The summed E-state index contributed by atoms with van der Waals surface area (Å²) in [4.78, 5) is 24.1. The van der Waals surface area contributed by atoms with Crippen LogP contribution in [0.4, 0.5) is 4.39 Å². The van der Waals surface area contributed by atoms with Gasteiger partial charge in [0.05, 0.1) is 5.92 Å². The maximum absolute atomic E-state index is 13.3. The highest BCUT2D eigenvalue weighted by atomic mass is 19.1. The first-order valence-corrected chi connectivity index (χ1v) is 6.02. The maximum atomic E-state index is 13.3. The van der Waals surface area contributed by atoms with Crippen LogP contribution in [0.15, 0.2) is 30.3 Å². The molecule has 1 N–H and O–H groups in total. The van der Waals surface area contributed by atoms with Crippen molar-refractivity contribution in [3.63, 3.8) is 0 Å². The molecule has 1 saturated heterocycles. The zero-order chi connectivity index (χ0) is 13.8. The van der Waals surface area contributed by atoms with Gasteiger partial charge in [-0.05, 0) is 18.6 Å². The fourth-order valence-corrected chi connectivity index (χ4v) is 2.04. The summed E-state index contributed by atoms with van der Waals surface area (Å²) in [6, 6.07) is 6.15. The summed E-state index contributed by atoms with van der Waals surface area (Å²) in [6.07, 6.45) is 3.16. The van der Waals surface area contributed by atoms with Gasteiger partial charge in [-0.25, -0.2) is 4.39 Å². The number of halogens is 1. The molecule has 1 aliphatic rings. The smallest absolute Gasteiger partial charge is 0.308 e. The van der Waals surface area contributed by atoms with Crippen molar-refractivity contribution >= 4 is 18.0 Å². The van der Waals surface area contributed by atoms with E-state index in [1.807, 2.05) is 0 Å². The standard InChI is InChI=1S/C14H14FNO3/c15-12-4-2-1-3-10(12)5-6-13(17)16-8-7-11(9-16)14(18)19/h1-6,11H,7-9H2,(H,18,19)/b6-5+. The van der Waals surface area contributed by atoms with Crippen LogP contribution < -0.4 is 0 Å². The summed E-state index contributed by atoms with van der Waals surface area (Å²) in [5.74, 6) is -2.05. The first-order chi connectivity index (χ1) is 9.08. The number of carbonyl (C=O) groups is 2. The summed E-state index contributed by atoms with van der Waals surface area (Å²) in [5, 5.41) is 8.85. The van der Waals surface area contributed by atoms with Gasteiger partial charge in [0.15, 0.2) is 0 Å². The molecular weight excluding hydrogens is 249 g/mol. The number of carbonyl (C=O) groups excluding carboxylic acids is 1. The van der Waals surface area contributed by atoms with E-state index in [-0.39, 0.29) is 12.5 Å². The van der Waals surface area contributed by atoms with Crippen molar-refractivity contribution in [1.82, 2.24) is 4.90 Å². The van der Waals surface area contributed by atoms with Gasteiger partial charge in [-0.2, -0.15) is 0 Å². The molecule has 1 amide bonds. The van der Waals surface area contributed by atoms with Crippen molar-refractivity contribution in [2.75, 3.05) is 13.1 Å². The largest absolute Gasteiger partial charge is 0.481 e. The van der Waals surface area contributed by atoms with E-state index in [2.05, 4.69) is 0 Å². The molecule has 0 saturated carbocycles. The Morgan fingerprint density at radius 1 is 1.37 bits per heavy atom. The maximum Gasteiger partial charge on any atom is 0.308 e. The first-order valence-electron chi connectivity index (χ1n) is 6.02. The minimum Gasteiger partial charge on any atom is -0.481 e. The Morgan fingerprint density at radius 2 is 2.11 bits per heavy atom. The molecule has 5 heteroatoms. The minimum atomic E-state index is -0.881. The van der Waals surface area contributed by atoms with E-state index >= 15 is 0 Å². The van der Waals surface area contributed by atoms with E-state index in [1.54, 1.807) is 18.2 Å². The SMILES string of the molecule is O=C(O)C1CCN(C(=O)/C=C/c2ccccc2F)C1. The molecule has 100 valence electrons. The van der Waals surface area contributed by atoms with Gasteiger partial charge in [-0.3, -0.25) is 9.59 Å². The fourth-order valence-electron chi connectivity index (χ4n) is 2.04. The Hall–Kier alpha value is -2.17. The van der Waals surface area contributed by atoms with Crippen LogP contribution in [0.25, 0.3) is 6.08 Å². The van der Waals surface area contributed by atoms with Crippen LogP contribution >= 0.6 is 0 Å². The summed E-state index contributed by atoms with van der Waals surface area (Å²) in [5.41, 5.74) is 0.338. The van der Waals surface area contributed by atoms with Gasteiger partial charge < -0.3 is 10.0 Å². The van der Waals surface area contributed by atoms with Gasteiger partial charge in [0.25, 0.3) is 0 Å². The summed E-state index contributed by atoms with van der Waals surface area (Å²) in [7, 11) is 0. The monoisotopic (exact) mass is 263 g/mol. The van der Waals surface area contributed by atoms with Crippen molar-refractivity contribution in [1.29, 1.82) is 0 Å². The Kier molecular flexibility index (Phi) is 3.94. The molecule has 19 heavy (non-hydrogen) atoms. The lowest BCUT2D eigenvalue weighted by Gasteiger charge is -2.12. The van der Waals surface area contributed by atoms with Crippen LogP contribution in [0.2, 0.25) is 0 Å². The van der Waals surface area contributed by atoms with E-state index < -0.39 is 17.7 Å².